The van der Waals surface area contributed by atoms with Crippen LogP contribution < -0.4 is 0 Å². The predicted octanol–water partition coefficient (Wildman–Crippen LogP) is 6.53. The van der Waals surface area contributed by atoms with Crippen molar-refractivity contribution in [3.8, 4) is 0 Å². The highest BCUT2D eigenvalue weighted by Gasteiger charge is 2.51. The molecule has 2 aliphatic rings. The lowest BCUT2D eigenvalue weighted by molar-refractivity contribution is -0.156. The Kier molecular flexibility index (Phi) is 4.19. The van der Waals surface area contributed by atoms with Gasteiger partial charge in [-0.1, -0.05) is 50.2 Å². The SMILES string of the molecule is CC(OC(=O)C1CC2CC1C(C)C2C)c1ccc2cc3ccccc3cc2c1. The van der Waals surface area contributed by atoms with Crippen molar-refractivity contribution in [2.75, 3.05) is 0 Å². The van der Waals surface area contributed by atoms with Crippen molar-refractivity contribution < 1.29 is 9.53 Å². The van der Waals surface area contributed by atoms with Crippen LogP contribution in [0.2, 0.25) is 0 Å². The van der Waals surface area contributed by atoms with Crippen molar-refractivity contribution in [1.29, 1.82) is 0 Å². The molecule has 2 aliphatic carbocycles. The standard InChI is InChI=1S/C26H28O2/c1-15-16(2)24-13-22(15)14-25(24)26(27)28-17(3)18-8-9-21-11-19-6-4-5-7-20(19)12-23(21)10-18/h4-12,15-17,22,24-25H,13-14H2,1-3H3. The number of hydrogen-bond donors (Lipinski definition) is 0. The fourth-order valence-electron chi connectivity index (χ4n) is 5.75. The molecule has 3 aromatic carbocycles. The third-order valence-corrected chi connectivity index (χ3v) is 7.69. The zero-order chi connectivity index (χ0) is 19.4. The topological polar surface area (TPSA) is 26.3 Å². The Bertz CT molecular complexity index is 1050. The summed E-state index contributed by atoms with van der Waals surface area (Å²) in [4.78, 5) is 12.9. The minimum absolute atomic E-state index is 0.0114. The van der Waals surface area contributed by atoms with Crippen LogP contribution in [0.15, 0.2) is 54.6 Å². The highest BCUT2D eigenvalue weighted by atomic mass is 16.5. The molecule has 0 amide bonds. The summed E-state index contributed by atoms with van der Waals surface area (Å²) in [7, 11) is 0. The highest BCUT2D eigenvalue weighted by Crippen LogP contribution is 2.55. The van der Waals surface area contributed by atoms with E-state index >= 15 is 0 Å². The Morgan fingerprint density at radius 2 is 1.57 bits per heavy atom. The number of carbonyl (C=O) groups excluding carboxylic acids is 1. The first kappa shape index (κ1) is 17.7. The lowest BCUT2D eigenvalue weighted by Gasteiger charge is -2.31. The highest BCUT2D eigenvalue weighted by molar-refractivity contribution is 5.98. The van der Waals surface area contributed by atoms with Crippen LogP contribution in [0.4, 0.5) is 0 Å². The van der Waals surface area contributed by atoms with Crippen molar-refractivity contribution in [2.24, 2.45) is 29.6 Å². The Labute approximate surface area is 166 Å². The zero-order valence-corrected chi connectivity index (χ0v) is 16.9. The van der Waals surface area contributed by atoms with Gasteiger partial charge in [-0.25, -0.2) is 0 Å². The molecule has 2 bridgehead atoms. The summed E-state index contributed by atoms with van der Waals surface area (Å²) in [6, 6.07) is 19.3. The molecule has 2 saturated carbocycles. The van der Waals surface area contributed by atoms with Gasteiger partial charge in [-0.3, -0.25) is 4.79 Å². The van der Waals surface area contributed by atoms with E-state index in [4.69, 9.17) is 4.74 Å². The van der Waals surface area contributed by atoms with Crippen LogP contribution in [0.1, 0.15) is 45.3 Å². The molecular formula is C26H28O2. The Hall–Kier alpha value is -2.35. The molecule has 0 aliphatic heterocycles. The Morgan fingerprint density at radius 3 is 2.25 bits per heavy atom. The minimum Gasteiger partial charge on any atom is -0.458 e. The maximum Gasteiger partial charge on any atom is 0.309 e. The van der Waals surface area contributed by atoms with Gasteiger partial charge in [0.15, 0.2) is 0 Å². The van der Waals surface area contributed by atoms with Crippen LogP contribution in [0.25, 0.3) is 21.5 Å². The summed E-state index contributed by atoms with van der Waals surface area (Å²) in [6.07, 6.45) is 2.01. The monoisotopic (exact) mass is 372 g/mol. The van der Waals surface area contributed by atoms with Gasteiger partial charge in [0.25, 0.3) is 0 Å². The van der Waals surface area contributed by atoms with Gasteiger partial charge in [0.2, 0.25) is 0 Å². The Morgan fingerprint density at radius 1 is 0.893 bits per heavy atom. The second kappa shape index (κ2) is 6.62. The summed E-state index contributed by atoms with van der Waals surface area (Å²) in [6.45, 7) is 6.66. The number of hydrogen-bond acceptors (Lipinski definition) is 2. The smallest absolute Gasteiger partial charge is 0.309 e. The number of rotatable bonds is 3. The van der Waals surface area contributed by atoms with Crippen LogP contribution in [-0.4, -0.2) is 5.97 Å². The van der Waals surface area contributed by atoms with Crippen molar-refractivity contribution >= 4 is 27.5 Å². The number of esters is 1. The van der Waals surface area contributed by atoms with E-state index in [0.717, 1.165) is 17.9 Å². The maximum atomic E-state index is 12.9. The molecule has 144 valence electrons. The largest absolute Gasteiger partial charge is 0.458 e. The summed E-state index contributed by atoms with van der Waals surface area (Å²) in [5.41, 5.74) is 1.07. The van der Waals surface area contributed by atoms with Crippen molar-refractivity contribution in [1.82, 2.24) is 0 Å². The summed E-state index contributed by atoms with van der Waals surface area (Å²) in [5, 5.41) is 4.90. The van der Waals surface area contributed by atoms with Gasteiger partial charge in [-0.15, -0.1) is 0 Å². The number of ether oxygens (including phenoxy) is 1. The van der Waals surface area contributed by atoms with E-state index in [-0.39, 0.29) is 18.0 Å². The maximum absolute atomic E-state index is 12.9. The van der Waals surface area contributed by atoms with Gasteiger partial charge in [-0.2, -0.15) is 0 Å². The molecule has 3 aromatic rings. The van der Waals surface area contributed by atoms with E-state index < -0.39 is 0 Å². The number of benzene rings is 3. The lowest BCUT2D eigenvalue weighted by atomic mass is 9.76. The summed E-state index contributed by atoms with van der Waals surface area (Å²) in [5.74, 6) is 2.73. The van der Waals surface area contributed by atoms with Gasteiger partial charge in [0, 0.05) is 0 Å². The van der Waals surface area contributed by atoms with Gasteiger partial charge < -0.3 is 4.74 Å². The fraction of sp³-hybridized carbons (Fsp3) is 0.423. The minimum atomic E-state index is -0.213. The van der Waals surface area contributed by atoms with Crippen molar-refractivity contribution in [3.05, 3.63) is 60.2 Å². The second-order valence-electron chi connectivity index (χ2n) is 9.11. The summed E-state index contributed by atoms with van der Waals surface area (Å²) < 4.78 is 5.95. The average molecular weight is 373 g/mol. The quantitative estimate of drug-likeness (QED) is 0.386. The molecule has 6 atom stereocenters. The molecule has 2 nitrogen and oxygen atoms in total. The normalized spacial score (nSPS) is 30.0. The first-order valence-corrected chi connectivity index (χ1v) is 10.6. The van der Waals surface area contributed by atoms with Crippen LogP contribution in [0.3, 0.4) is 0 Å². The molecule has 0 radical (unpaired) electrons. The van der Waals surface area contributed by atoms with Crippen molar-refractivity contribution in [2.45, 2.75) is 39.7 Å². The molecule has 28 heavy (non-hydrogen) atoms. The molecule has 0 heterocycles. The molecule has 0 aromatic heterocycles. The zero-order valence-electron chi connectivity index (χ0n) is 16.9. The molecule has 6 unspecified atom stereocenters. The first-order valence-electron chi connectivity index (χ1n) is 10.6. The number of carbonyl (C=O) groups is 1. The third kappa shape index (κ3) is 2.82. The van der Waals surface area contributed by atoms with Gasteiger partial charge >= 0.3 is 5.97 Å². The fourth-order valence-corrected chi connectivity index (χ4v) is 5.75. The lowest BCUT2D eigenvalue weighted by Crippen LogP contribution is -2.31. The van der Waals surface area contributed by atoms with E-state index in [1.807, 2.05) is 6.92 Å². The van der Waals surface area contributed by atoms with E-state index in [0.29, 0.717) is 17.8 Å². The summed E-state index contributed by atoms with van der Waals surface area (Å²) >= 11 is 0. The Balaban J connectivity index is 1.36. The molecule has 0 saturated heterocycles. The van der Waals surface area contributed by atoms with Crippen LogP contribution >= 0.6 is 0 Å². The number of fused-ring (bicyclic) bond motifs is 4. The molecular weight excluding hydrogens is 344 g/mol. The van der Waals surface area contributed by atoms with Gasteiger partial charge in [0.05, 0.1) is 5.92 Å². The second-order valence-corrected chi connectivity index (χ2v) is 9.11. The third-order valence-electron chi connectivity index (χ3n) is 7.69. The molecule has 2 fully saturated rings. The predicted molar refractivity (Wildman–Crippen MR) is 114 cm³/mol. The van der Waals surface area contributed by atoms with E-state index in [9.17, 15) is 4.79 Å². The van der Waals surface area contributed by atoms with E-state index in [2.05, 4.69) is 68.4 Å². The van der Waals surface area contributed by atoms with Crippen LogP contribution in [0, 0.1) is 29.6 Å². The van der Waals surface area contributed by atoms with Gasteiger partial charge in [-0.05, 0) is 88.7 Å². The van der Waals surface area contributed by atoms with Crippen LogP contribution in [-0.2, 0) is 9.53 Å². The molecule has 5 rings (SSSR count). The van der Waals surface area contributed by atoms with E-state index in [1.165, 1.54) is 28.0 Å². The van der Waals surface area contributed by atoms with Crippen molar-refractivity contribution in [3.63, 3.8) is 0 Å². The van der Waals surface area contributed by atoms with Gasteiger partial charge in [0.1, 0.15) is 6.10 Å². The van der Waals surface area contributed by atoms with Crippen LogP contribution in [0.5, 0.6) is 0 Å². The molecule has 0 N–H and O–H groups in total. The van der Waals surface area contributed by atoms with E-state index in [1.54, 1.807) is 0 Å². The molecule has 0 spiro atoms. The average Bonchev–Trinajstić information content (AvgIpc) is 3.26. The molecule has 2 heteroatoms. The first-order chi connectivity index (χ1) is 13.5.